The number of benzene rings is 3. The number of ether oxygens (including phenoxy) is 1. The zero-order chi connectivity index (χ0) is 20.6. The van der Waals surface area contributed by atoms with Crippen molar-refractivity contribution in [2.45, 2.75) is 11.8 Å². The Balaban J connectivity index is 2.00. The predicted molar refractivity (Wildman–Crippen MR) is 112 cm³/mol. The first-order valence-corrected chi connectivity index (χ1v) is 10.5. The molecule has 4 aromatic rings. The van der Waals surface area contributed by atoms with Crippen molar-refractivity contribution in [3.05, 3.63) is 95.7 Å². The molecule has 0 atom stereocenters. The Morgan fingerprint density at radius 3 is 2.31 bits per heavy atom. The number of hydrogen-bond acceptors (Lipinski definition) is 4. The van der Waals surface area contributed by atoms with Gasteiger partial charge >= 0.3 is 0 Å². The molecule has 0 N–H and O–H groups in total. The minimum absolute atomic E-state index is 0.0893. The molecule has 146 valence electrons. The first kappa shape index (κ1) is 19.0. The summed E-state index contributed by atoms with van der Waals surface area (Å²) in [6, 6.07) is 22.0. The zero-order valence-electron chi connectivity index (χ0n) is 16.0. The van der Waals surface area contributed by atoms with Gasteiger partial charge in [-0.3, -0.25) is 4.79 Å². The number of para-hydroxylation sites is 1. The third-order valence-corrected chi connectivity index (χ3v) is 6.61. The van der Waals surface area contributed by atoms with Crippen LogP contribution in [0.5, 0.6) is 5.75 Å². The number of carbonyl (C=O) groups excluding carboxylic acids is 1. The normalized spacial score (nSPS) is 11.5. The SMILES string of the molecule is COc1ccc(C)c(C(=O)c2cc3ccccc3n2S(=O)(=O)c2ccccc2)c1. The molecular weight excluding hydrogens is 386 g/mol. The fourth-order valence-corrected chi connectivity index (χ4v) is 4.89. The lowest BCUT2D eigenvalue weighted by Gasteiger charge is -2.13. The number of rotatable bonds is 5. The Labute approximate surface area is 169 Å². The van der Waals surface area contributed by atoms with Crippen LogP contribution in [0.3, 0.4) is 0 Å². The van der Waals surface area contributed by atoms with Crippen molar-refractivity contribution in [2.75, 3.05) is 7.11 Å². The average molecular weight is 405 g/mol. The van der Waals surface area contributed by atoms with E-state index in [-0.39, 0.29) is 16.4 Å². The average Bonchev–Trinajstić information content (AvgIpc) is 3.14. The number of ketones is 1. The van der Waals surface area contributed by atoms with E-state index in [1.54, 1.807) is 60.7 Å². The Bertz CT molecular complexity index is 1320. The summed E-state index contributed by atoms with van der Waals surface area (Å²) in [5, 5.41) is 0.677. The summed E-state index contributed by atoms with van der Waals surface area (Å²) in [6.07, 6.45) is 0. The monoisotopic (exact) mass is 405 g/mol. The lowest BCUT2D eigenvalue weighted by molar-refractivity contribution is 0.103. The number of aromatic nitrogens is 1. The molecule has 0 saturated heterocycles. The number of carbonyl (C=O) groups is 1. The van der Waals surface area contributed by atoms with Crippen LogP contribution in [0, 0.1) is 6.92 Å². The molecule has 0 amide bonds. The largest absolute Gasteiger partial charge is 0.497 e. The standard InChI is InChI=1S/C23H19NO4S/c1-16-12-13-18(28-2)15-20(16)23(25)22-14-17-8-6-7-11-21(17)24(22)29(26,27)19-9-4-3-5-10-19/h3-15H,1-2H3. The molecule has 6 heteroatoms. The van der Waals surface area contributed by atoms with Crippen LogP contribution in [0.25, 0.3) is 10.9 Å². The molecule has 4 rings (SSSR count). The maximum Gasteiger partial charge on any atom is 0.268 e. The van der Waals surface area contributed by atoms with Crippen molar-refractivity contribution in [1.82, 2.24) is 3.97 Å². The lowest BCUT2D eigenvalue weighted by atomic mass is 10.0. The van der Waals surface area contributed by atoms with Gasteiger partial charge in [0.05, 0.1) is 17.5 Å². The van der Waals surface area contributed by atoms with Crippen LogP contribution >= 0.6 is 0 Å². The first-order valence-electron chi connectivity index (χ1n) is 9.04. The molecule has 5 nitrogen and oxygen atoms in total. The minimum atomic E-state index is -3.97. The van der Waals surface area contributed by atoms with Gasteiger partial charge in [-0.05, 0) is 48.9 Å². The van der Waals surface area contributed by atoms with Crippen LogP contribution in [0.1, 0.15) is 21.6 Å². The van der Waals surface area contributed by atoms with E-state index in [0.717, 1.165) is 9.54 Å². The second kappa shape index (κ2) is 7.22. The van der Waals surface area contributed by atoms with Gasteiger partial charge in [-0.2, -0.15) is 0 Å². The molecule has 0 saturated carbocycles. The van der Waals surface area contributed by atoms with Gasteiger partial charge in [-0.1, -0.05) is 42.5 Å². The first-order chi connectivity index (χ1) is 13.9. The number of nitrogens with zero attached hydrogens (tertiary/aromatic N) is 1. The third-order valence-electron chi connectivity index (χ3n) is 4.87. The highest BCUT2D eigenvalue weighted by Gasteiger charge is 2.27. The Morgan fingerprint density at radius 2 is 1.59 bits per heavy atom. The van der Waals surface area contributed by atoms with Gasteiger partial charge in [0.2, 0.25) is 5.78 Å². The Morgan fingerprint density at radius 1 is 0.897 bits per heavy atom. The van der Waals surface area contributed by atoms with Gasteiger partial charge < -0.3 is 4.74 Å². The summed E-state index contributed by atoms with van der Waals surface area (Å²) in [4.78, 5) is 13.6. The molecule has 29 heavy (non-hydrogen) atoms. The number of aryl methyl sites for hydroxylation is 1. The summed E-state index contributed by atoms with van der Waals surface area (Å²) in [5.74, 6) is 0.157. The van der Waals surface area contributed by atoms with Gasteiger partial charge in [-0.25, -0.2) is 12.4 Å². The van der Waals surface area contributed by atoms with Crippen LogP contribution in [0.2, 0.25) is 0 Å². The summed E-state index contributed by atoms with van der Waals surface area (Å²) < 4.78 is 33.3. The van der Waals surface area contributed by atoms with Crippen molar-refractivity contribution in [3.63, 3.8) is 0 Å². The number of hydrogen-bond donors (Lipinski definition) is 0. The smallest absolute Gasteiger partial charge is 0.268 e. The van der Waals surface area contributed by atoms with Crippen molar-refractivity contribution in [2.24, 2.45) is 0 Å². The molecule has 1 heterocycles. The van der Waals surface area contributed by atoms with Crippen molar-refractivity contribution < 1.29 is 17.9 Å². The second-order valence-corrected chi connectivity index (χ2v) is 8.47. The zero-order valence-corrected chi connectivity index (χ0v) is 16.8. The van der Waals surface area contributed by atoms with E-state index in [1.165, 1.54) is 19.2 Å². The summed E-state index contributed by atoms with van der Waals surface area (Å²) in [6.45, 7) is 1.81. The molecule has 1 aromatic heterocycles. The van der Waals surface area contributed by atoms with Crippen LogP contribution in [-0.4, -0.2) is 25.3 Å². The quantitative estimate of drug-likeness (QED) is 0.461. The molecule has 0 bridgehead atoms. The molecule has 0 aliphatic heterocycles. The van der Waals surface area contributed by atoms with Gasteiger partial charge in [0.25, 0.3) is 10.0 Å². The van der Waals surface area contributed by atoms with E-state index in [4.69, 9.17) is 4.74 Å². The third kappa shape index (κ3) is 3.21. The molecule has 0 fully saturated rings. The van der Waals surface area contributed by atoms with E-state index in [0.29, 0.717) is 22.2 Å². The summed E-state index contributed by atoms with van der Waals surface area (Å²) in [7, 11) is -2.45. The molecule has 0 unspecified atom stereocenters. The van der Waals surface area contributed by atoms with Crippen molar-refractivity contribution in [1.29, 1.82) is 0 Å². The van der Waals surface area contributed by atoms with E-state index < -0.39 is 10.0 Å². The van der Waals surface area contributed by atoms with Crippen molar-refractivity contribution >= 4 is 26.7 Å². The van der Waals surface area contributed by atoms with Gasteiger partial charge in [0.15, 0.2) is 0 Å². The van der Waals surface area contributed by atoms with Crippen LogP contribution in [0.4, 0.5) is 0 Å². The van der Waals surface area contributed by atoms with E-state index in [9.17, 15) is 13.2 Å². The Kier molecular flexibility index (Phi) is 4.72. The highest BCUT2D eigenvalue weighted by molar-refractivity contribution is 7.90. The summed E-state index contributed by atoms with van der Waals surface area (Å²) >= 11 is 0. The van der Waals surface area contributed by atoms with Gasteiger partial charge in [0, 0.05) is 10.9 Å². The van der Waals surface area contributed by atoms with Crippen LogP contribution < -0.4 is 4.74 Å². The molecule has 0 radical (unpaired) electrons. The topological polar surface area (TPSA) is 65.4 Å². The predicted octanol–water partition coefficient (Wildman–Crippen LogP) is 4.43. The van der Waals surface area contributed by atoms with E-state index >= 15 is 0 Å². The Hall–Kier alpha value is -3.38. The van der Waals surface area contributed by atoms with E-state index in [2.05, 4.69) is 0 Å². The highest BCUT2D eigenvalue weighted by Crippen LogP contribution is 2.29. The summed E-state index contributed by atoms with van der Waals surface area (Å²) in [5.41, 5.74) is 1.69. The lowest BCUT2D eigenvalue weighted by Crippen LogP contribution is -2.19. The van der Waals surface area contributed by atoms with Crippen LogP contribution in [0.15, 0.2) is 83.8 Å². The van der Waals surface area contributed by atoms with Gasteiger partial charge in [0.1, 0.15) is 11.4 Å². The number of fused-ring (bicyclic) bond motifs is 1. The molecular formula is C23H19NO4S. The minimum Gasteiger partial charge on any atom is -0.497 e. The maximum absolute atomic E-state index is 13.5. The van der Waals surface area contributed by atoms with Crippen molar-refractivity contribution in [3.8, 4) is 5.75 Å². The van der Waals surface area contributed by atoms with Crippen LogP contribution in [-0.2, 0) is 10.0 Å². The fourth-order valence-electron chi connectivity index (χ4n) is 3.36. The molecule has 3 aromatic carbocycles. The molecule has 0 aliphatic carbocycles. The van der Waals surface area contributed by atoms with Gasteiger partial charge in [-0.15, -0.1) is 0 Å². The molecule has 0 spiro atoms. The number of methoxy groups -OCH3 is 1. The molecule has 0 aliphatic rings. The van der Waals surface area contributed by atoms with E-state index in [1.807, 2.05) is 13.0 Å². The maximum atomic E-state index is 13.5. The fraction of sp³-hybridized carbons (Fsp3) is 0.0870. The highest BCUT2D eigenvalue weighted by atomic mass is 32.2. The second-order valence-electron chi connectivity index (χ2n) is 6.68.